The third-order valence-electron chi connectivity index (χ3n) is 2.89. The second kappa shape index (κ2) is 4.90. The average molecular weight is 278 g/mol. The van der Waals surface area contributed by atoms with E-state index in [4.69, 9.17) is 10.8 Å². The van der Waals surface area contributed by atoms with Crippen molar-refractivity contribution in [2.45, 2.75) is 38.6 Å². The molecule has 1 aromatic heterocycles. The number of carbonyl (C=O) groups is 1. The molecule has 5 heteroatoms. The van der Waals surface area contributed by atoms with Crippen LogP contribution in [0.2, 0.25) is 0 Å². The van der Waals surface area contributed by atoms with Crippen molar-refractivity contribution in [3.8, 4) is 0 Å². The molecule has 0 radical (unpaired) electrons. The summed E-state index contributed by atoms with van der Waals surface area (Å²) >= 11 is 1.64. The van der Waals surface area contributed by atoms with E-state index in [1.807, 2.05) is 18.2 Å². The molecule has 0 amide bonds. The second-order valence-corrected chi connectivity index (χ2v) is 6.70. The average Bonchev–Trinajstić information content (AvgIpc) is 2.70. The Balaban J connectivity index is 2.51. The molecule has 0 bridgehead atoms. The van der Waals surface area contributed by atoms with Gasteiger partial charge in [-0.3, -0.25) is 4.79 Å². The number of nitrogens with zero attached hydrogens (tertiary/aromatic N) is 1. The van der Waals surface area contributed by atoms with E-state index in [-0.39, 0.29) is 11.8 Å². The smallest absolute Gasteiger partial charge is 0.305 e. The van der Waals surface area contributed by atoms with Gasteiger partial charge in [-0.15, -0.1) is 11.3 Å². The lowest BCUT2D eigenvalue weighted by molar-refractivity contribution is -0.137. The summed E-state index contributed by atoms with van der Waals surface area (Å²) in [7, 11) is 0. The molecule has 19 heavy (non-hydrogen) atoms. The summed E-state index contributed by atoms with van der Waals surface area (Å²) in [6, 6.07) is 5.25. The van der Waals surface area contributed by atoms with Gasteiger partial charge in [-0.2, -0.15) is 0 Å². The van der Waals surface area contributed by atoms with E-state index >= 15 is 0 Å². The molecular weight excluding hydrogens is 260 g/mol. The van der Waals surface area contributed by atoms with Crippen molar-refractivity contribution in [1.82, 2.24) is 4.98 Å². The monoisotopic (exact) mass is 278 g/mol. The highest BCUT2D eigenvalue weighted by Crippen LogP contribution is 2.34. The predicted octanol–water partition coefficient (Wildman–Crippen LogP) is 3.07. The quantitative estimate of drug-likeness (QED) is 0.904. The molecule has 0 aliphatic rings. The van der Waals surface area contributed by atoms with Gasteiger partial charge in [0.2, 0.25) is 0 Å². The molecule has 2 rings (SSSR count). The number of benzene rings is 1. The van der Waals surface area contributed by atoms with Gasteiger partial charge in [-0.25, -0.2) is 4.98 Å². The number of hydrogen-bond acceptors (Lipinski definition) is 4. The van der Waals surface area contributed by atoms with E-state index < -0.39 is 12.0 Å². The molecule has 0 spiro atoms. The van der Waals surface area contributed by atoms with Crippen LogP contribution in [0.3, 0.4) is 0 Å². The first-order valence-corrected chi connectivity index (χ1v) is 6.98. The van der Waals surface area contributed by atoms with Crippen molar-refractivity contribution in [2.75, 3.05) is 0 Å². The van der Waals surface area contributed by atoms with Gasteiger partial charge in [0.05, 0.1) is 21.6 Å². The molecule has 0 aliphatic heterocycles. The molecule has 0 saturated carbocycles. The number of hydrogen-bond donors (Lipinski definition) is 2. The number of fused-ring (bicyclic) bond motifs is 1. The van der Waals surface area contributed by atoms with E-state index in [2.05, 4.69) is 25.8 Å². The lowest BCUT2D eigenvalue weighted by Crippen LogP contribution is -2.15. The van der Waals surface area contributed by atoms with E-state index in [0.717, 1.165) is 20.8 Å². The van der Waals surface area contributed by atoms with Crippen LogP contribution < -0.4 is 5.73 Å². The number of rotatable bonds is 3. The lowest BCUT2D eigenvalue weighted by atomic mass is 9.98. The summed E-state index contributed by atoms with van der Waals surface area (Å²) in [4.78, 5) is 15.4. The zero-order valence-electron chi connectivity index (χ0n) is 11.3. The second-order valence-electron chi connectivity index (χ2n) is 5.67. The molecule has 1 atom stereocenters. The number of para-hydroxylation sites is 1. The number of carboxylic acids is 1. The largest absolute Gasteiger partial charge is 0.481 e. The molecule has 0 saturated heterocycles. The summed E-state index contributed by atoms with van der Waals surface area (Å²) in [6.45, 7) is 6.34. The molecule has 102 valence electrons. The normalized spacial score (nSPS) is 13.7. The van der Waals surface area contributed by atoms with Crippen molar-refractivity contribution in [1.29, 1.82) is 0 Å². The van der Waals surface area contributed by atoms with Gasteiger partial charge in [0, 0.05) is 11.5 Å². The minimum absolute atomic E-state index is 0.0160. The van der Waals surface area contributed by atoms with Crippen molar-refractivity contribution in [3.63, 3.8) is 0 Å². The Morgan fingerprint density at radius 2 is 2.16 bits per heavy atom. The van der Waals surface area contributed by atoms with Gasteiger partial charge in [0.1, 0.15) is 0 Å². The van der Waals surface area contributed by atoms with Crippen LogP contribution in [0.1, 0.15) is 43.8 Å². The maximum Gasteiger partial charge on any atom is 0.305 e. The molecule has 0 fully saturated rings. The van der Waals surface area contributed by atoms with Crippen LogP contribution >= 0.6 is 11.3 Å². The summed E-state index contributed by atoms with van der Waals surface area (Å²) in [5, 5.41) is 9.89. The number of carboxylic acid groups (broad SMARTS) is 1. The maximum atomic E-state index is 10.8. The van der Waals surface area contributed by atoms with Crippen LogP contribution in [0.5, 0.6) is 0 Å². The lowest BCUT2D eigenvalue weighted by Gasteiger charge is -2.13. The van der Waals surface area contributed by atoms with Gasteiger partial charge in [-0.1, -0.05) is 32.9 Å². The summed E-state index contributed by atoms with van der Waals surface area (Å²) in [5.41, 5.74) is 7.60. The first-order valence-electron chi connectivity index (χ1n) is 6.16. The predicted molar refractivity (Wildman–Crippen MR) is 77.5 cm³/mol. The highest BCUT2D eigenvalue weighted by molar-refractivity contribution is 7.18. The standard InChI is InChI=1S/C14H18N2O2S/c1-14(2,3)13-16-12-8(9(15)7-11(17)18)5-4-6-10(12)19-13/h4-6,9H,7,15H2,1-3H3,(H,17,18). The topological polar surface area (TPSA) is 76.2 Å². The van der Waals surface area contributed by atoms with Crippen molar-refractivity contribution in [3.05, 3.63) is 28.8 Å². The minimum Gasteiger partial charge on any atom is -0.481 e. The van der Waals surface area contributed by atoms with Gasteiger partial charge in [0.15, 0.2) is 0 Å². The van der Waals surface area contributed by atoms with Crippen LogP contribution in [-0.4, -0.2) is 16.1 Å². The fourth-order valence-electron chi connectivity index (χ4n) is 1.89. The van der Waals surface area contributed by atoms with E-state index in [9.17, 15) is 4.79 Å². The Morgan fingerprint density at radius 3 is 2.74 bits per heavy atom. The Morgan fingerprint density at radius 1 is 1.47 bits per heavy atom. The maximum absolute atomic E-state index is 10.8. The summed E-state index contributed by atoms with van der Waals surface area (Å²) in [5.74, 6) is -0.893. The third-order valence-corrected chi connectivity index (χ3v) is 4.33. The Kier molecular flexibility index (Phi) is 3.60. The molecule has 0 aliphatic carbocycles. The van der Waals surface area contributed by atoms with Crippen LogP contribution in [0, 0.1) is 0 Å². The van der Waals surface area contributed by atoms with E-state index in [1.165, 1.54) is 0 Å². The van der Waals surface area contributed by atoms with E-state index in [0.29, 0.717) is 0 Å². The number of aromatic nitrogens is 1. The molecule has 3 N–H and O–H groups in total. The van der Waals surface area contributed by atoms with Crippen LogP contribution in [-0.2, 0) is 10.2 Å². The minimum atomic E-state index is -0.893. The van der Waals surface area contributed by atoms with Crippen molar-refractivity contribution < 1.29 is 9.90 Å². The zero-order valence-corrected chi connectivity index (χ0v) is 12.1. The van der Waals surface area contributed by atoms with Crippen LogP contribution in [0.4, 0.5) is 0 Å². The van der Waals surface area contributed by atoms with Crippen molar-refractivity contribution in [2.24, 2.45) is 5.73 Å². The molecule has 1 unspecified atom stereocenters. The summed E-state index contributed by atoms with van der Waals surface area (Å²) < 4.78 is 1.06. The fraction of sp³-hybridized carbons (Fsp3) is 0.429. The highest BCUT2D eigenvalue weighted by atomic mass is 32.1. The molecule has 1 heterocycles. The Labute approximate surface area is 116 Å². The Hall–Kier alpha value is -1.46. The first kappa shape index (κ1) is 14.0. The third kappa shape index (κ3) is 2.93. The van der Waals surface area contributed by atoms with Gasteiger partial charge in [0.25, 0.3) is 0 Å². The van der Waals surface area contributed by atoms with Crippen LogP contribution in [0.25, 0.3) is 10.2 Å². The highest BCUT2D eigenvalue weighted by Gasteiger charge is 2.21. The summed E-state index contributed by atoms with van der Waals surface area (Å²) in [6.07, 6.45) is -0.0819. The number of thiazole rings is 1. The molecule has 1 aromatic carbocycles. The molecule has 4 nitrogen and oxygen atoms in total. The number of nitrogens with two attached hydrogens (primary N) is 1. The Bertz CT molecular complexity index is 613. The van der Waals surface area contributed by atoms with Crippen LogP contribution in [0.15, 0.2) is 18.2 Å². The van der Waals surface area contributed by atoms with Gasteiger partial charge >= 0.3 is 5.97 Å². The first-order chi connectivity index (χ1) is 8.79. The zero-order chi connectivity index (χ0) is 14.2. The van der Waals surface area contributed by atoms with Gasteiger partial charge in [-0.05, 0) is 11.6 Å². The van der Waals surface area contributed by atoms with Crippen molar-refractivity contribution >= 4 is 27.5 Å². The SMILES string of the molecule is CC(C)(C)c1nc2c(C(N)CC(=O)O)cccc2s1. The number of aliphatic carboxylic acids is 1. The van der Waals surface area contributed by atoms with E-state index in [1.54, 1.807) is 11.3 Å². The van der Waals surface area contributed by atoms with Gasteiger partial charge < -0.3 is 10.8 Å². The molecular formula is C14H18N2O2S. The fourth-order valence-corrected chi connectivity index (χ4v) is 2.95. The molecule has 2 aromatic rings.